The molecular formula is C20H22FN3O. The number of benzene rings is 2. The van der Waals surface area contributed by atoms with Crippen molar-refractivity contribution in [1.82, 2.24) is 9.80 Å². The first kappa shape index (κ1) is 16.2. The van der Waals surface area contributed by atoms with Crippen LogP contribution in [0, 0.1) is 5.82 Å². The van der Waals surface area contributed by atoms with Crippen LogP contribution in [-0.4, -0.2) is 48.9 Å². The predicted octanol–water partition coefficient (Wildman–Crippen LogP) is 2.73. The Morgan fingerprint density at radius 3 is 2.48 bits per heavy atom. The number of hydrogen-bond acceptors (Lipinski definition) is 3. The van der Waals surface area contributed by atoms with Crippen molar-refractivity contribution < 1.29 is 9.18 Å². The molecule has 2 aromatic rings. The summed E-state index contributed by atoms with van der Waals surface area (Å²) in [5, 5.41) is 0. The van der Waals surface area contributed by atoms with Crippen LogP contribution in [0.2, 0.25) is 0 Å². The highest BCUT2D eigenvalue weighted by Crippen LogP contribution is 2.31. The van der Waals surface area contributed by atoms with E-state index < -0.39 is 0 Å². The minimum absolute atomic E-state index is 0.111. The quantitative estimate of drug-likeness (QED) is 0.860. The van der Waals surface area contributed by atoms with E-state index in [2.05, 4.69) is 16.8 Å². The van der Waals surface area contributed by atoms with Gasteiger partial charge in [0, 0.05) is 49.5 Å². The highest BCUT2D eigenvalue weighted by Gasteiger charge is 2.31. The molecule has 1 fully saturated rings. The van der Waals surface area contributed by atoms with Crippen molar-refractivity contribution in [1.29, 1.82) is 0 Å². The number of fused-ring (bicyclic) bond motifs is 1. The Morgan fingerprint density at radius 1 is 1.04 bits per heavy atom. The Labute approximate surface area is 147 Å². The molecule has 0 aromatic heterocycles. The van der Waals surface area contributed by atoms with Crippen molar-refractivity contribution in [3.63, 3.8) is 0 Å². The molecule has 25 heavy (non-hydrogen) atoms. The zero-order chi connectivity index (χ0) is 17.4. The fourth-order valence-electron chi connectivity index (χ4n) is 3.59. The molecule has 0 radical (unpaired) electrons. The fraction of sp³-hybridized carbons (Fsp3) is 0.350. The van der Waals surface area contributed by atoms with Crippen molar-refractivity contribution in [2.75, 3.05) is 38.1 Å². The average molecular weight is 339 g/mol. The van der Waals surface area contributed by atoms with Gasteiger partial charge in [0.1, 0.15) is 5.82 Å². The molecule has 2 heterocycles. The molecule has 0 unspecified atom stereocenters. The average Bonchev–Trinajstić information content (AvgIpc) is 2.95. The van der Waals surface area contributed by atoms with Crippen molar-refractivity contribution in [2.24, 2.45) is 0 Å². The van der Waals surface area contributed by atoms with Crippen molar-refractivity contribution in [3.8, 4) is 0 Å². The van der Waals surface area contributed by atoms with Crippen LogP contribution in [0.5, 0.6) is 0 Å². The second kappa shape index (κ2) is 6.58. The molecule has 2 aliphatic heterocycles. The van der Waals surface area contributed by atoms with Gasteiger partial charge in [0.25, 0.3) is 5.91 Å². The van der Waals surface area contributed by atoms with Crippen LogP contribution in [0.3, 0.4) is 0 Å². The Hall–Kier alpha value is -2.24. The Balaban J connectivity index is 1.57. The maximum absolute atomic E-state index is 14.6. The third kappa shape index (κ3) is 3.17. The third-order valence-electron chi connectivity index (χ3n) is 5.12. The molecule has 2 aromatic carbocycles. The summed E-state index contributed by atoms with van der Waals surface area (Å²) < 4.78 is 14.6. The van der Waals surface area contributed by atoms with Crippen LogP contribution in [-0.2, 0) is 13.1 Å². The van der Waals surface area contributed by atoms with Crippen molar-refractivity contribution in [2.45, 2.75) is 13.1 Å². The largest absolute Gasteiger partial charge is 0.304 e. The molecule has 0 saturated carbocycles. The summed E-state index contributed by atoms with van der Waals surface area (Å²) in [6, 6.07) is 12.9. The summed E-state index contributed by atoms with van der Waals surface area (Å²) >= 11 is 0. The van der Waals surface area contributed by atoms with Gasteiger partial charge in [0.05, 0.1) is 6.54 Å². The normalized spacial score (nSPS) is 18.6. The molecule has 5 heteroatoms. The summed E-state index contributed by atoms with van der Waals surface area (Å²) in [5.74, 6) is -0.381. The Kier molecular flexibility index (Phi) is 4.27. The summed E-state index contributed by atoms with van der Waals surface area (Å²) in [6.45, 7) is 4.98. The molecule has 0 bridgehead atoms. The molecule has 1 amide bonds. The third-order valence-corrected chi connectivity index (χ3v) is 5.12. The van der Waals surface area contributed by atoms with Gasteiger partial charge in [-0.3, -0.25) is 9.69 Å². The predicted molar refractivity (Wildman–Crippen MR) is 96.1 cm³/mol. The molecule has 0 N–H and O–H groups in total. The van der Waals surface area contributed by atoms with Crippen molar-refractivity contribution >= 4 is 11.6 Å². The van der Waals surface area contributed by atoms with Gasteiger partial charge in [-0.1, -0.05) is 18.2 Å². The number of piperazine rings is 1. The van der Waals surface area contributed by atoms with Gasteiger partial charge in [-0.25, -0.2) is 4.39 Å². The van der Waals surface area contributed by atoms with E-state index in [1.54, 1.807) is 11.0 Å². The van der Waals surface area contributed by atoms with Gasteiger partial charge in [-0.05, 0) is 36.9 Å². The molecule has 4 nitrogen and oxygen atoms in total. The van der Waals surface area contributed by atoms with E-state index in [-0.39, 0.29) is 11.7 Å². The van der Waals surface area contributed by atoms with E-state index in [1.807, 2.05) is 36.4 Å². The van der Waals surface area contributed by atoms with E-state index in [4.69, 9.17) is 0 Å². The maximum atomic E-state index is 14.6. The van der Waals surface area contributed by atoms with Crippen LogP contribution >= 0.6 is 0 Å². The number of amides is 1. The second-order valence-electron chi connectivity index (χ2n) is 6.91. The first-order valence-electron chi connectivity index (χ1n) is 8.71. The summed E-state index contributed by atoms with van der Waals surface area (Å²) in [5.41, 5.74) is 2.71. The zero-order valence-electron chi connectivity index (χ0n) is 14.4. The molecule has 0 aliphatic carbocycles. The van der Waals surface area contributed by atoms with Crippen LogP contribution in [0.1, 0.15) is 21.5 Å². The lowest BCUT2D eigenvalue weighted by Crippen LogP contribution is -2.43. The monoisotopic (exact) mass is 339 g/mol. The number of halogens is 1. The minimum atomic E-state index is -0.270. The van der Waals surface area contributed by atoms with E-state index >= 15 is 0 Å². The van der Waals surface area contributed by atoms with Crippen LogP contribution in [0.25, 0.3) is 0 Å². The lowest BCUT2D eigenvalue weighted by molar-refractivity contribution is 0.0996. The van der Waals surface area contributed by atoms with Crippen LogP contribution in [0.15, 0.2) is 42.5 Å². The molecule has 0 spiro atoms. The van der Waals surface area contributed by atoms with Gasteiger partial charge in [0.2, 0.25) is 0 Å². The summed E-state index contributed by atoms with van der Waals surface area (Å²) in [6.07, 6.45) is 0. The maximum Gasteiger partial charge on any atom is 0.259 e. The van der Waals surface area contributed by atoms with E-state index in [9.17, 15) is 9.18 Å². The molecular weight excluding hydrogens is 317 g/mol. The zero-order valence-corrected chi connectivity index (χ0v) is 14.4. The summed E-state index contributed by atoms with van der Waals surface area (Å²) in [7, 11) is 2.11. The second-order valence-corrected chi connectivity index (χ2v) is 6.91. The Bertz CT molecular complexity index is 785. The lowest BCUT2D eigenvalue weighted by atomic mass is 10.0. The molecule has 2 aliphatic rings. The number of rotatable bonds is 3. The molecule has 4 rings (SSSR count). The van der Waals surface area contributed by atoms with Gasteiger partial charge in [-0.2, -0.15) is 0 Å². The number of likely N-dealkylation sites (N-methyl/N-ethyl adjacent to an activating group) is 1. The number of carbonyl (C=O) groups excluding carboxylic acids is 1. The minimum Gasteiger partial charge on any atom is -0.304 e. The van der Waals surface area contributed by atoms with Gasteiger partial charge in [0.15, 0.2) is 0 Å². The van der Waals surface area contributed by atoms with E-state index in [1.165, 1.54) is 0 Å². The highest BCUT2D eigenvalue weighted by molar-refractivity contribution is 6.10. The molecule has 130 valence electrons. The smallest absolute Gasteiger partial charge is 0.259 e. The number of nitrogens with zero attached hydrogens (tertiary/aromatic N) is 3. The fourth-order valence-corrected chi connectivity index (χ4v) is 3.59. The molecule has 0 atom stereocenters. The van der Waals surface area contributed by atoms with Gasteiger partial charge in [-0.15, -0.1) is 0 Å². The first-order chi connectivity index (χ1) is 12.1. The number of carbonyl (C=O) groups is 1. The van der Waals surface area contributed by atoms with E-state index in [0.29, 0.717) is 24.2 Å². The summed E-state index contributed by atoms with van der Waals surface area (Å²) in [4.78, 5) is 19.0. The topological polar surface area (TPSA) is 26.8 Å². The lowest BCUT2D eigenvalue weighted by Gasteiger charge is -2.32. The van der Waals surface area contributed by atoms with Crippen LogP contribution < -0.4 is 4.90 Å². The number of para-hydroxylation sites is 1. The van der Waals surface area contributed by atoms with Gasteiger partial charge < -0.3 is 9.80 Å². The van der Waals surface area contributed by atoms with Crippen LogP contribution in [0.4, 0.5) is 10.1 Å². The number of anilines is 1. The number of hydrogen-bond donors (Lipinski definition) is 0. The highest BCUT2D eigenvalue weighted by atomic mass is 19.1. The van der Waals surface area contributed by atoms with Crippen molar-refractivity contribution in [3.05, 3.63) is 65.0 Å². The standard InChI is InChI=1S/C20H22FN3O/c1-22-7-9-23(10-8-22)13-15-11-17-18(19(21)12-15)14-24(20(17)25)16-5-3-2-4-6-16/h2-6,11-12H,7-10,13-14H2,1H3. The Morgan fingerprint density at radius 2 is 1.76 bits per heavy atom. The SMILES string of the molecule is CN1CCN(Cc2cc(F)c3c(c2)C(=O)N(c2ccccc2)C3)CC1. The first-order valence-corrected chi connectivity index (χ1v) is 8.71. The van der Waals surface area contributed by atoms with Gasteiger partial charge >= 0.3 is 0 Å². The van der Waals surface area contributed by atoms with E-state index in [0.717, 1.165) is 37.4 Å². The molecule has 1 saturated heterocycles.